The van der Waals surface area contributed by atoms with Gasteiger partial charge in [-0.15, -0.1) is 0 Å². The Bertz CT molecular complexity index is 1300. The van der Waals surface area contributed by atoms with Gasteiger partial charge in [-0.2, -0.15) is 0 Å². The number of benzene rings is 2. The first-order valence-corrected chi connectivity index (χ1v) is 11.2. The molecule has 0 fully saturated rings. The molecule has 2 aromatic carbocycles. The number of carbonyl (C=O) groups is 1. The van der Waals surface area contributed by atoms with E-state index in [2.05, 4.69) is 4.74 Å². The van der Waals surface area contributed by atoms with Gasteiger partial charge in [0.15, 0.2) is 5.75 Å². The number of hydrogen-bond donors (Lipinski definition) is 2. The maximum Gasteiger partial charge on any atom is 0.511 e. The van der Waals surface area contributed by atoms with E-state index in [4.69, 9.17) is 5.11 Å². The summed E-state index contributed by atoms with van der Waals surface area (Å²) in [6.45, 7) is -0.0640. The minimum Gasteiger partial charge on any atom is -0.449 e. The molecule has 0 radical (unpaired) electrons. The summed E-state index contributed by atoms with van der Waals surface area (Å²) in [7, 11) is -1.99. The van der Waals surface area contributed by atoms with Crippen LogP contribution in [0.15, 0.2) is 53.5 Å². The Morgan fingerprint density at radius 3 is 2.55 bits per heavy atom. The molecule has 1 heterocycles. The highest BCUT2D eigenvalue weighted by Crippen LogP contribution is 2.25. The topological polar surface area (TPSA) is 126 Å². The monoisotopic (exact) mass is 446 g/mol. The lowest BCUT2D eigenvalue weighted by Crippen LogP contribution is -2.25. The lowest BCUT2D eigenvalue weighted by atomic mass is 10.0. The molecule has 1 aromatic heterocycles. The highest BCUT2D eigenvalue weighted by atomic mass is 32.2. The summed E-state index contributed by atoms with van der Waals surface area (Å²) < 4.78 is 31.3. The van der Waals surface area contributed by atoms with Crippen LogP contribution in [0.4, 0.5) is 10.5 Å². The molecule has 10 heteroatoms. The van der Waals surface area contributed by atoms with E-state index in [1.807, 2.05) is 0 Å². The van der Waals surface area contributed by atoms with E-state index >= 15 is 0 Å². The van der Waals surface area contributed by atoms with E-state index in [9.17, 15) is 23.1 Å². The minimum atomic E-state index is -3.46. The van der Waals surface area contributed by atoms with E-state index < -0.39 is 21.6 Å². The largest absolute Gasteiger partial charge is 0.511 e. The fourth-order valence-electron chi connectivity index (χ4n) is 3.35. The summed E-state index contributed by atoms with van der Waals surface area (Å²) in [6.07, 6.45) is 1.11. The van der Waals surface area contributed by atoms with Crippen LogP contribution in [0.5, 0.6) is 5.75 Å². The maximum absolute atomic E-state index is 12.8. The van der Waals surface area contributed by atoms with Crippen molar-refractivity contribution < 1.29 is 28.2 Å². The molecule has 0 aliphatic rings. The van der Waals surface area contributed by atoms with Crippen LogP contribution in [0.1, 0.15) is 11.1 Å². The molecule has 0 spiro atoms. The molecule has 0 amide bonds. The second kappa shape index (κ2) is 8.78. The van der Waals surface area contributed by atoms with Crippen LogP contribution in [0.2, 0.25) is 0 Å². The fraction of sp³-hybridized carbons (Fsp3) is 0.238. The molecule has 0 bridgehead atoms. The third-order valence-corrected chi connectivity index (χ3v) is 6.06. The number of ether oxygens (including phenoxy) is 1. The first-order valence-electron chi connectivity index (χ1n) is 9.31. The third-order valence-electron chi connectivity index (χ3n) is 4.87. The Morgan fingerprint density at radius 1 is 1.19 bits per heavy atom. The SMILES string of the molecule is CN(c1ccccc1Cc1ccc2c(c1)c(=O)c(OC(=O)O)cn2CCO)S(C)(=O)=O. The number of hydrogen-bond acceptors (Lipinski definition) is 6. The highest BCUT2D eigenvalue weighted by molar-refractivity contribution is 7.92. The van der Waals surface area contributed by atoms with E-state index in [0.29, 0.717) is 17.6 Å². The standard InChI is InChI=1S/C21H22N2O7S/c1-22(31(2,28)29)17-6-4-3-5-15(17)11-14-7-8-18-16(12-14)20(25)19(30-21(26)27)13-23(18)9-10-24/h3-8,12-13,24H,9-11H2,1-2H3,(H,26,27). The van der Waals surface area contributed by atoms with Crippen molar-refractivity contribution in [2.75, 3.05) is 24.2 Å². The third kappa shape index (κ3) is 4.86. The van der Waals surface area contributed by atoms with Crippen LogP contribution in [0.3, 0.4) is 0 Å². The van der Waals surface area contributed by atoms with E-state index in [-0.39, 0.29) is 24.3 Å². The van der Waals surface area contributed by atoms with Gasteiger partial charge < -0.3 is 19.5 Å². The molecule has 164 valence electrons. The van der Waals surface area contributed by atoms with Crippen LogP contribution in [-0.2, 0) is 23.0 Å². The van der Waals surface area contributed by atoms with Gasteiger partial charge in [-0.3, -0.25) is 9.10 Å². The lowest BCUT2D eigenvalue weighted by molar-refractivity contribution is 0.143. The highest BCUT2D eigenvalue weighted by Gasteiger charge is 2.17. The second-order valence-electron chi connectivity index (χ2n) is 6.99. The summed E-state index contributed by atoms with van der Waals surface area (Å²) in [4.78, 5) is 23.7. The molecule has 0 aliphatic heterocycles. The first kappa shape index (κ1) is 22.3. The van der Waals surface area contributed by atoms with Gasteiger partial charge in [0, 0.05) is 19.0 Å². The molecule has 9 nitrogen and oxygen atoms in total. The van der Waals surface area contributed by atoms with Crippen LogP contribution < -0.4 is 14.5 Å². The molecule has 3 rings (SSSR count). The number of aromatic nitrogens is 1. The molecule has 3 aromatic rings. The summed E-state index contributed by atoms with van der Waals surface area (Å²) in [5, 5.41) is 18.5. The summed E-state index contributed by atoms with van der Waals surface area (Å²) in [6, 6.07) is 12.2. The number of para-hydroxylation sites is 1. The summed E-state index contributed by atoms with van der Waals surface area (Å²) in [5.41, 5.74) is 1.91. The van der Waals surface area contributed by atoms with Crippen LogP contribution in [0, 0.1) is 0 Å². The number of nitrogens with zero attached hydrogens (tertiary/aromatic N) is 2. The van der Waals surface area contributed by atoms with Crippen molar-refractivity contribution in [2.45, 2.75) is 13.0 Å². The molecule has 2 N–H and O–H groups in total. The number of pyridine rings is 1. The van der Waals surface area contributed by atoms with E-state index in [0.717, 1.165) is 17.4 Å². The summed E-state index contributed by atoms with van der Waals surface area (Å²) >= 11 is 0. The predicted octanol–water partition coefficient (Wildman–Crippen LogP) is 2.04. The van der Waals surface area contributed by atoms with Gasteiger partial charge in [-0.25, -0.2) is 13.2 Å². The van der Waals surface area contributed by atoms with Crippen molar-refractivity contribution in [3.8, 4) is 5.75 Å². The van der Waals surface area contributed by atoms with Crippen molar-refractivity contribution >= 4 is 32.8 Å². The number of fused-ring (bicyclic) bond motifs is 1. The number of rotatable bonds is 7. The number of sulfonamides is 1. The zero-order chi connectivity index (χ0) is 22.8. The molecule has 0 saturated carbocycles. The Hall–Kier alpha value is -3.37. The number of aliphatic hydroxyl groups excluding tert-OH is 1. The van der Waals surface area contributed by atoms with Gasteiger partial charge in [0.05, 0.1) is 30.3 Å². The second-order valence-corrected chi connectivity index (χ2v) is 9.01. The fourth-order valence-corrected chi connectivity index (χ4v) is 3.89. The zero-order valence-electron chi connectivity index (χ0n) is 17.0. The number of carboxylic acid groups (broad SMARTS) is 1. The lowest BCUT2D eigenvalue weighted by Gasteiger charge is -2.20. The Kier molecular flexibility index (Phi) is 6.32. The van der Waals surface area contributed by atoms with Crippen LogP contribution >= 0.6 is 0 Å². The van der Waals surface area contributed by atoms with Crippen molar-refractivity contribution in [1.29, 1.82) is 0 Å². The first-order chi connectivity index (χ1) is 14.6. The molecular weight excluding hydrogens is 424 g/mol. The Balaban J connectivity index is 2.11. The zero-order valence-corrected chi connectivity index (χ0v) is 17.8. The van der Waals surface area contributed by atoms with Crippen molar-refractivity contribution in [2.24, 2.45) is 0 Å². The van der Waals surface area contributed by atoms with Crippen molar-refractivity contribution in [1.82, 2.24) is 4.57 Å². The Labute approximate surface area is 178 Å². The molecule has 0 atom stereocenters. The van der Waals surface area contributed by atoms with Gasteiger partial charge in [-0.05, 0) is 35.7 Å². The van der Waals surface area contributed by atoms with Crippen molar-refractivity contribution in [3.05, 3.63) is 70.0 Å². The molecule has 0 aliphatic carbocycles. The molecule has 31 heavy (non-hydrogen) atoms. The van der Waals surface area contributed by atoms with Gasteiger partial charge in [0.1, 0.15) is 0 Å². The quantitative estimate of drug-likeness (QED) is 0.532. The van der Waals surface area contributed by atoms with Gasteiger partial charge in [0.2, 0.25) is 15.5 Å². The number of aliphatic hydroxyl groups is 1. The summed E-state index contributed by atoms with van der Waals surface area (Å²) in [5.74, 6) is -0.359. The predicted molar refractivity (Wildman–Crippen MR) is 116 cm³/mol. The van der Waals surface area contributed by atoms with Crippen LogP contribution in [-0.4, -0.2) is 49.3 Å². The molecular formula is C21H22N2O7S. The van der Waals surface area contributed by atoms with E-state index in [1.165, 1.54) is 17.5 Å². The molecule has 0 unspecified atom stereocenters. The molecule has 0 saturated heterocycles. The van der Waals surface area contributed by atoms with Crippen molar-refractivity contribution in [3.63, 3.8) is 0 Å². The average molecular weight is 446 g/mol. The Morgan fingerprint density at radius 2 is 1.90 bits per heavy atom. The minimum absolute atomic E-state index is 0.147. The van der Waals surface area contributed by atoms with Gasteiger partial charge >= 0.3 is 6.16 Å². The van der Waals surface area contributed by atoms with Gasteiger partial charge in [-0.1, -0.05) is 24.3 Å². The maximum atomic E-state index is 12.8. The number of anilines is 1. The van der Waals surface area contributed by atoms with Gasteiger partial charge in [0.25, 0.3) is 0 Å². The van der Waals surface area contributed by atoms with E-state index in [1.54, 1.807) is 47.0 Å². The normalized spacial score (nSPS) is 11.5. The smallest absolute Gasteiger partial charge is 0.449 e. The van der Waals surface area contributed by atoms with Crippen LogP contribution in [0.25, 0.3) is 10.9 Å². The average Bonchev–Trinajstić information content (AvgIpc) is 2.70.